The van der Waals surface area contributed by atoms with Crippen molar-refractivity contribution in [2.24, 2.45) is 0 Å². The first-order valence-electron chi connectivity index (χ1n) is 5.04. The highest BCUT2D eigenvalue weighted by Gasteiger charge is 2.17. The van der Waals surface area contributed by atoms with Crippen LogP contribution in [-0.4, -0.2) is 20.6 Å². The number of rotatable bonds is 3. The number of aryl methyl sites for hydroxylation is 1. The Morgan fingerprint density at radius 1 is 1.53 bits per heavy atom. The summed E-state index contributed by atoms with van der Waals surface area (Å²) in [6.07, 6.45) is 0.724. The van der Waals surface area contributed by atoms with Crippen molar-refractivity contribution in [3.05, 3.63) is 31.8 Å². The predicted octanol–water partition coefficient (Wildman–Crippen LogP) is 0.859. The van der Waals surface area contributed by atoms with Crippen molar-refractivity contribution in [3.63, 3.8) is 0 Å². The van der Waals surface area contributed by atoms with E-state index in [1.165, 1.54) is 9.95 Å². The van der Waals surface area contributed by atoms with Crippen molar-refractivity contribution in [1.82, 2.24) is 9.55 Å². The van der Waals surface area contributed by atoms with Crippen molar-refractivity contribution in [2.75, 3.05) is 0 Å². The number of fused-ring (bicyclic) bond motifs is 1. The molecule has 0 spiro atoms. The number of nitrogens with one attached hydrogen (secondary N) is 1. The van der Waals surface area contributed by atoms with E-state index in [0.717, 1.165) is 17.8 Å². The summed E-state index contributed by atoms with van der Waals surface area (Å²) >= 11 is 1.10. The van der Waals surface area contributed by atoms with Crippen LogP contribution in [0.5, 0.6) is 0 Å². The second-order valence-corrected chi connectivity index (χ2v) is 4.40. The van der Waals surface area contributed by atoms with Gasteiger partial charge in [0.25, 0.3) is 5.56 Å². The van der Waals surface area contributed by atoms with Gasteiger partial charge in [0.15, 0.2) is 0 Å². The molecule has 0 aliphatic carbocycles. The third-order valence-corrected chi connectivity index (χ3v) is 3.39. The van der Waals surface area contributed by atoms with Gasteiger partial charge in [-0.3, -0.25) is 14.3 Å². The molecule has 2 aromatic rings. The smallest absolute Gasteiger partial charge is 0.337 e. The first kappa shape index (κ1) is 11.6. The number of aromatic amines is 1. The van der Waals surface area contributed by atoms with Crippen LogP contribution < -0.4 is 11.2 Å². The van der Waals surface area contributed by atoms with E-state index in [-0.39, 0.29) is 10.9 Å². The number of hydrogen-bond donors (Lipinski definition) is 2. The number of thiophene rings is 1. The van der Waals surface area contributed by atoms with Gasteiger partial charge in [0.1, 0.15) is 4.83 Å². The van der Waals surface area contributed by atoms with Crippen molar-refractivity contribution in [2.45, 2.75) is 19.9 Å². The number of aromatic nitrogens is 2. The molecule has 7 heteroatoms. The van der Waals surface area contributed by atoms with Gasteiger partial charge in [-0.25, -0.2) is 9.59 Å². The Morgan fingerprint density at radius 3 is 2.82 bits per heavy atom. The van der Waals surface area contributed by atoms with Crippen LogP contribution in [0.25, 0.3) is 10.2 Å². The lowest BCUT2D eigenvalue weighted by Gasteiger charge is -2.03. The van der Waals surface area contributed by atoms with Crippen LogP contribution in [-0.2, 0) is 6.54 Å². The molecule has 90 valence electrons. The van der Waals surface area contributed by atoms with Crippen molar-refractivity contribution in [3.8, 4) is 0 Å². The Labute approximate surface area is 99.1 Å². The lowest BCUT2D eigenvalue weighted by molar-refractivity contribution is 0.0699. The standard InChI is InChI=1S/C10H10N2O4S/c1-2-3-12-8-6(7(13)11-10(12)16)5(4-17-8)9(14)15/h4H,2-3H2,1H3,(H,14,15)(H,11,13,16). The molecule has 2 heterocycles. The summed E-state index contributed by atoms with van der Waals surface area (Å²) in [6.45, 7) is 2.35. The number of aromatic carboxylic acids is 1. The van der Waals surface area contributed by atoms with Gasteiger partial charge in [0.05, 0.1) is 10.9 Å². The second kappa shape index (κ2) is 4.17. The minimum atomic E-state index is -1.16. The van der Waals surface area contributed by atoms with Crippen LogP contribution >= 0.6 is 11.3 Å². The fourth-order valence-electron chi connectivity index (χ4n) is 1.67. The second-order valence-electron chi connectivity index (χ2n) is 3.55. The molecule has 0 fully saturated rings. The average molecular weight is 254 g/mol. The van der Waals surface area contributed by atoms with E-state index in [9.17, 15) is 14.4 Å². The maximum atomic E-state index is 11.6. The number of H-pyrrole nitrogens is 1. The molecule has 0 unspecified atom stereocenters. The van der Waals surface area contributed by atoms with E-state index in [2.05, 4.69) is 4.98 Å². The van der Waals surface area contributed by atoms with E-state index >= 15 is 0 Å². The molecule has 2 aromatic heterocycles. The van der Waals surface area contributed by atoms with Crippen LogP contribution in [0.1, 0.15) is 23.7 Å². The molecule has 0 aliphatic heterocycles. The van der Waals surface area contributed by atoms with Gasteiger partial charge in [-0.1, -0.05) is 6.92 Å². The Morgan fingerprint density at radius 2 is 2.24 bits per heavy atom. The third-order valence-electron chi connectivity index (χ3n) is 2.39. The van der Waals surface area contributed by atoms with Gasteiger partial charge in [-0.15, -0.1) is 11.3 Å². The monoisotopic (exact) mass is 254 g/mol. The van der Waals surface area contributed by atoms with Gasteiger partial charge in [0, 0.05) is 11.9 Å². The molecular formula is C10H10N2O4S. The molecule has 0 saturated heterocycles. The van der Waals surface area contributed by atoms with Crippen LogP contribution in [0.3, 0.4) is 0 Å². The maximum absolute atomic E-state index is 11.6. The predicted molar refractivity (Wildman–Crippen MR) is 64.0 cm³/mol. The van der Waals surface area contributed by atoms with E-state index in [4.69, 9.17) is 5.11 Å². The quantitative estimate of drug-likeness (QED) is 0.849. The first-order chi connectivity index (χ1) is 8.06. The summed E-state index contributed by atoms with van der Waals surface area (Å²) in [6, 6.07) is 0. The molecule has 0 aromatic carbocycles. The zero-order valence-electron chi connectivity index (χ0n) is 9.02. The highest BCUT2D eigenvalue weighted by atomic mass is 32.1. The van der Waals surface area contributed by atoms with E-state index in [1.807, 2.05) is 6.92 Å². The molecular weight excluding hydrogens is 244 g/mol. The molecule has 0 saturated carbocycles. The molecule has 0 aliphatic rings. The molecule has 0 atom stereocenters. The summed E-state index contributed by atoms with van der Waals surface area (Å²) < 4.78 is 1.40. The fourth-order valence-corrected chi connectivity index (χ4v) is 2.74. The number of carboxylic acid groups (broad SMARTS) is 1. The average Bonchev–Trinajstić information content (AvgIpc) is 2.68. The van der Waals surface area contributed by atoms with Gasteiger partial charge in [-0.05, 0) is 6.42 Å². The van der Waals surface area contributed by atoms with Crippen molar-refractivity contribution < 1.29 is 9.90 Å². The fraction of sp³-hybridized carbons (Fsp3) is 0.300. The van der Waals surface area contributed by atoms with E-state index in [0.29, 0.717) is 11.4 Å². The highest BCUT2D eigenvalue weighted by Crippen LogP contribution is 2.21. The van der Waals surface area contributed by atoms with Crippen molar-refractivity contribution in [1.29, 1.82) is 0 Å². The Balaban J connectivity index is 2.90. The summed E-state index contributed by atoms with van der Waals surface area (Å²) in [5, 5.41) is 10.4. The third kappa shape index (κ3) is 1.78. The number of carbonyl (C=O) groups is 1. The number of nitrogens with zero attached hydrogens (tertiary/aromatic N) is 1. The summed E-state index contributed by atoms with van der Waals surface area (Å²) in [5.41, 5.74) is -1.20. The molecule has 0 bridgehead atoms. The van der Waals surface area contributed by atoms with Gasteiger partial charge >= 0.3 is 11.7 Å². The van der Waals surface area contributed by atoms with E-state index < -0.39 is 17.2 Å². The Bertz CT molecular complexity index is 694. The number of hydrogen-bond acceptors (Lipinski definition) is 4. The molecule has 17 heavy (non-hydrogen) atoms. The summed E-state index contributed by atoms with van der Waals surface area (Å²) in [7, 11) is 0. The minimum Gasteiger partial charge on any atom is -0.478 e. The lowest BCUT2D eigenvalue weighted by atomic mass is 10.2. The van der Waals surface area contributed by atoms with Crippen LogP contribution in [0.2, 0.25) is 0 Å². The normalized spacial score (nSPS) is 10.9. The highest BCUT2D eigenvalue weighted by molar-refractivity contribution is 7.17. The van der Waals surface area contributed by atoms with Gasteiger partial charge < -0.3 is 5.11 Å². The van der Waals surface area contributed by atoms with E-state index in [1.54, 1.807) is 0 Å². The van der Waals surface area contributed by atoms with Gasteiger partial charge in [-0.2, -0.15) is 0 Å². The molecule has 2 rings (SSSR count). The molecule has 0 amide bonds. The molecule has 0 radical (unpaired) electrons. The largest absolute Gasteiger partial charge is 0.478 e. The summed E-state index contributed by atoms with van der Waals surface area (Å²) in [4.78, 5) is 36.7. The molecule has 2 N–H and O–H groups in total. The number of carboxylic acids is 1. The van der Waals surface area contributed by atoms with Crippen LogP contribution in [0.4, 0.5) is 0 Å². The first-order valence-corrected chi connectivity index (χ1v) is 5.91. The minimum absolute atomic E-state index is 0.0592. The zero-order chi connectivity index (χ0) is 12.6. The molecule has 6 nitrogen and oxygen atoms in total. The Hall–Kier alpha value is -1.89. The van der Waals surface area contributed by atoms with Crippen molar-refractivity contribution >= 4 is 27.5 Å². The van der Waals surface area contributed by atoms with Crippen LogP contribution in [0.15, 0.2) is 15.0 Å². The summed E-state index contributed by atoms with van der Waals surface area (Å²) in [5.74, 6) is -1.16. The van der Waals surface area contributed by atoms with Gasteiger partial charge in [0.2, 0.25) is 0 Å². The SMILES string of the molecule is CCCn1c(=O)[nH]c(=O)c2c(C(=O)O)csc21. The van der Waals surface area contributed by atoms with Crippen LogP contribution in [0, 0.1) is 0 Å². The topological polar surface area (TPSA) is 92.2 Å². The Kier molecular flexibility index (Phi) is 2.84. The zero-order valence-corrected chi connectivity index (χ0v) is 9.84. The lowest BCUT2D eigenvalue weighted by Crippen LogP contribution is -2.30. The maximum Gasteiger partial charge on any atom is 0.337 e.